The molecule has 1 aromatic heterocycles. The van der Waals surface area contributed by atoms with Crippen LogP contribution in [0.15, 0.2) is 6.20 Å². The Morgan fingerprint density at radius 3 is 3.20 bits per heavy atom. The van der Waals surface area contributed by atoms with Gasteiger partial charge in [-0.25, -0.2) is 0 Å². The molecule has 1 N–H and O–H groups in total. The first-order valence-corrected chi connectivity index (χ1v) is 6.57. The van der Waals surface area contributed by atoms with E-state index in [1.807, 2.05) is 13.2 Å². The molecule has 2 heterocycles. The average molecular weight is 226 g/mol. The van der Waals surface area contributed by atoms with Crippen LogP contribution in [0.2, 0.25) is 0 Å². The van der Waals surface area contributed by atoms with Gasteiger partial charge in [0.15, 0.2) is 0 Å². The number of aryl methyl sites for hydroxylation is 1. The molecule has 84 valence electrons. The molecule has 1 saturated heterocycles. The van der Waals surface area contributed by atoms with Crippen LogP contribution in [0.5, 0.6) is 0 Å². The van der Waals surface area contributed by atoms with Crippen LogP contribution in [0.25, 0.3) is 0 Å². The van der Waals surface area contributed by atoms with Crippen LogP contribution >= 0.6 is 11.8 Å². The summed E-state index contributed by atoms with van der Waals surface area (Å²) in [7, 11) is 1.90. The SMILES string of the molecule is Cn1cc(CNCC2CCCCS2)nn1. The van der Waals surface area contributed by atoms with E-state index in [1.165, 1.54) is 25.0 Å². The van der Waals surface area contributed by atoms with Gasteiger partial charge in [-0.1, -0.05) is 11.6 Å². The molecular weight excluding hydrogens is 208 g/mol. The molecule has 1 unspecified atom stereocenters. The van der Waals surface area contributed by atoms with Crippen molar-refractivity contribution in [1.29, 1.82) is 0 Å². The fourth-order valence-corrected chi connectivity index (χ4v) is 3.08. The summed E-state index contributed by atoms with van der Waals surface area (Å²) in [5, 5.41) is 12.2. The Balaban J connectivity index is 1.65. The molecule has 0 aromatic carbocycles. The largest absolute Gasteiger partial charge is 0.310 e. The lowest BCUT2D eigenvalue weighted by Gasteiger charge is -2.21. The van der Waals surface area contributed by atoms with E-state index in [9.17, 15) is 0 Å². The molecule has 0 saturated carbocycles. The van der Waals surface area contributed by atoms with Crippen LogP contribution in [0.4, 0.5) is 0 Å². The van der Waals surface area contributed by atoms with Gasteiger partial charge in [0.2, 0.25) is 0 Å². The third-order valence-corrected chi connectivity index (χ3v) is 4.00. The van der Waals surface area contributed by atoms with Gasteiger partial charge in [-0.15, -0.1) is 5.10 Å². The standard InChI is InChI=1S/C10H18N4S/c1-14-8-9(12-13-14)6-11-7-10-4-2-3-5-15-10/h8,10-11H,2-7H2,1H3. The summed E-state index contributed by atoms with van der Waals surface area (Å²) in [6.45, 7) is 1.94. The lowest BCUT2D eigenvalue weighted by atomic mass is 10.2. The predicted octanol–water partition coefficient (Wildman–Crippen LogP) is 1.19. The van der Waals surface area contributed by atoms with Crippen molar-refractivity contribution in [3.63, 3.8) is 0 Å². The van der Waals surface area contributed by atoms with Crippen LogP contribution in [-0.4, -0.2) is 32.5 Å². The number of hydrogen-bond acceptors (Lipinski definition) is 4. The zero-order chi connectivity index (χ0) is 10.5. The van der Waals surface area contributed by atoms with Gasteiger partial charge in [-0.05, 0) is 18.6 Å². The minimum absolute atomic E-state index is 0.801. The summed E-state index contributed by atoms with van der Waals surface area (Å²) in [6, 6.07) is 0. The minimum Gasteiger partial charge on any atom is -0.310 e. The minimum atomic E-state index is 0.801. The molecule has 4 nitrogen and oxygen atoms in total. The summed E-state index contributed by atoms with van der Waals surface area (Å²) in [5.41, 5.74) is 1.03. The van der Waals surface area contributed by atoms with Crippen molar-refractivity contribution in [3.8, 4) is 0 Å². The first-order valence-electron chi connectivity index (χ1n) is 5.52. The van der Waals surface area contributed by atoms with Crippen LogP contribution in [0, 0.1) is 0 Å². The van der Waals surface area contributed by atoms with E-state index in [-0.39, 0.29) is 0 Å². The van der Waals surface area contributed by atoms with E-state index in [4.69, 9.17) is 0 Å². The second-order valence-electron chi connectivity index (χ2n) is 4.00. The molecular formula is C10H18N4S. The first kappa shape index (κ1) is 11.0. The normalized spacial score (nSPS) is 21.8. The molecule has 15 heavy (non-hydrogen) atoms. The number of aromatic nitrogens is 3. The topological polar surface area (TPSA) is 42.7 Å². The summed E-state index contributed by atoms with van der Waals surface area (Å²) >= 11 is 2.10. The molecule has 1 fully saturated rings. The highest BCUT2D eigenvalue weighted by Gasteiger charge is 2.13. The Labute approximate surface area is 94.8 Å². The molecule has 0 amide bonds. The van der Waals surface area contributed by atoms with E-state index >= 15 is 0 Å². The summed E-state index contributed by atoms with van der Waals surface area (Å²) in [6.07, 6.45) is 6.11. The van der Waals surface area contributed by atoms with Crippen molar-refractivity contribution in [3.05, 3.63) is 11.9 Å². The van der Waals surface area contributed by atoms with Gasteiger partial charge in [0.1, 0.15) is 0 Å². The third kappa shape index (κ3) is 3.50. The zero-order valence-electron chi connectivity index (χ0n) is 9.15. The second-order valence-corrected chi connectivity index (χ2v) is 5.41. The van der Waals surface area contributed by atoms with E-state index in [1.54, 1.807) is 4.68 Å². The second kappa shape index (κ2) is 5.51. The molecule has 0 spiro atoms. The van der Waals surface area contributed by atoms with Gasteiger partial charge < -0.3 is 5.32 Å². The zero-order valence-corrected chi connectivity index (χ0v) is 9.96. The van der Waals surface area contributed by atoms with Gasteiger partial charge in [0.25, 0.3) is 0 Å². The van der Waals surface area contributed by atoms with Gasteiger partial charge in [-0.2, -0.15) is 11.8 Å². The van der Waals surface area contributed by atoms with Crippen molar-refractivity contribution < 1.29 is 0 Å². The van der Waals surface area contributed by atoms with Gasteiger partial charge in [0, 0.05) is 31.6 Å². The fraction of sp³-hybridized carbons (Fsp3) is 0.800. The van der Waals surface area contributed by atoms with Gasteiger partial charge in [-0.3, -0.25) is 4.68 Å². The van der Waals surface area contributed by atoms with E-state index < -0.39 is 0 Å². The molecule has 5 heteroatoms. The van der Waals surface area contributed by atoms with Crippen molar-refractivity contribution in [1.82, 2.24) is 20.3 Å². The number of nitrogens with one attached hydrogen (secondary N) is 1. The van der Waals surface area contributed by atoms with Crippen LogP contribution in [0.3, 0.4) is 0 Å². The lowest BCUT2D eigenvalue weighted by Crippen LogP contribution is -2.26. The maximum Gasteiger partial charge on any atom is 0.0964 e. The summed E-state index contributed by atoms with van der Waals surface area (Å²) < 4.78 is 1.74. The predicted molar refractivity (Wildman–Crippen MR) is 62.8 cm³/mol. The third-order valence-electron chi connectivity index (χ3n) is 2.60. The maximum atomic E-state index is 4.04. The van der Waals surface area contributed by atoms with E-state index in [0.717, 1.165) is 24.0 Å². The highest BCUT2D eigenvalue weighted by Crippen LogP contribution is 2.24. The Morgan fingerprint density at radius 2 is 2.53 bits per heavy atom. The number of nitrogens with zero attached hydrogens (tertiary/aromatic N) is 3. The Bertz CT molecular complexity index is 293. The molecule has 0 bridgehead atoms. The van der Waals surface area contributed by atoms with E-state index in [2.05, 4.69) is 27.4 Å². The number of rotatable bonds is 4. The Morgan fingerprint density at radius 1 is 1.60 bits per heavy atom. The highest BCUT2D eigenvalue weighted by molar-refractivity contribution is 7.99. The molecule has 0 radical (unpaired) electrons. The lowest BCUT2D eigenvalue weighted by molar-refractivity contribution is 0.593. The van der Waals surface area contributed by atoms with Gasteiger partial charge in [0.05, 0.1) is 5.69 Å². The van der Waals surface area contributed by atoms with Crippen molar-refractivity contribution >= 4 is 11.8 Å². The fourth-order valence-electron chi connectivity index (χ4n) is 1.81. The summed E-state index contributed by atoms with van der Waals surface area (Å²) in [4.78, 5) is 0. The smallest absolute Gasteiger partial charge is 0.0964 e. The van der Waals surface area contributed by atoms with Crippen LogP contribution < -0.4 is 5.32 Å². The van der Waals surface area contributed by atoms with Crippen LogP contribution in [0.1, 0.15) is 25.0 Å². The molecule has 0 aliphatic carbocycles. The average Bonchev–Trinajstić information content (AvgIpc) is 2.66. The molecule has 1 aliphatic heterocycles. The summed E-state index contributed by atoms with van der Waals surface area (Å²) in [5.74, 6) is 1.33. The number of hydrogen-bond donors (Lipinski definition) is 1. The quantitative estimate of drug-likeness (QED) is 0.837. The van der Waals surface area contributed by atoms with Gasteiger partial charge >= 0.3 is 0 Å². The van der Waals surface area contributed by atoms with Crippen molar-refractivity contribution in [2.75, 3.05) is 12.3 Å². The number of thioether (sulfide) groups is 1. The highest BCUT2D eigenvalue weighted by atomic mass is 32.2. The maximum absolute atomic E-state index is 4.04. The van der Waals surface area contributed by atoms with E-state index in [0.29, 0.717) is 0 Å². The van der Waals surface area contributed by atoms with Crippen molar-refractivity contribution in [2.24, 2.45) is 7.05 Å². The Kier molecular flexibility index (Phi) is 4.02. The molecule has 1 aromatic rings. The monoisotopic (exact) mass is 226 g/mol. The molecule has 1 aliphatic rings. The Hall–Kier alpha value is -0.550. The first-order chi connectivity index (χ1) is 7.34. The molecule has 1 atom stereocenters. The van der Waals surface area contributed by atoms with Crippen molar-refractivity contribution in [2.45, 2.75) is 31.1 Å². The van der Waals surface area contributed by atoms with Crippen LogP contribution in [-0.2, 0) is 13.6 Å². The molecule has 2 rings (SSSR count).